The van der Waals surface area contributed by atoms with Crippen LogP contribution in [0, 0.1) is 6.92 Å². The van der Waals surface area contributed by atoms with E-state index in [2.05, 4.69) is 5.10 Å². The molecule has 1 heterocycles. The van der Waals surface area contributed by atoms with Gasteiger partial charge >= 0.3 is 0 Å². The lowest BCUT2D eigenvalue weighted by molar-refractivity contribution is 0.275. The maximum Gasteiger partial charge on any atom is 0.107 e. The number of rotatable bonds is 1. The van der Waals surface area contributed by atoms with Gasteiger partial charge in [0.05, 0.1) is 17.3 Å². The molecule has 0 aliphatic carbocycles. The van der Waals surface area contributed by atoms with Crippen molar-refractivity contribution in [2.45, 2.75) is 13.5 Å². The van der Waals surface area contributed by atoms with Gasteiger partial charge in [0.15, 0.2) is 0 Å². The SMILES string of the molecule is Cc1c(Cl)c(CO)nn1C. The van der Waals surface area contributed by atoms with Crippen LogP contribution in [0.15, 0.2) is 0 Å². The molecule has 1 N–H and O–H groups in total. The molecular formula is C6H9ClN2O. The molecule has 1 rings (SSSR count). The molecule has 0 amide bonds. The molecule has 56 valence electrons. The predicted molar refractivity (Wildman–Crippen MR) is 38.9 cm³/mol. The van der Waals surface area contributed by atoms with Crippen LogP contribution in [-0.4, -0.2) is 14.9 Å². The minimum absolute atomic E-state index is 0.0967. The van der Waals surface area contributed by atoms with Gasteiger partial charge in [-0.05, 0) is 6.92 Å². The highest BCUT2D eigenvalue weighted by Gasteiger charge is 2.07. The summed E-state index contributed by atoms with van der Waals surface area (Å²) in [5.41, 5.74) is 1.42. The van der Waals surface area contributed by atoms with Crippen molar-refractivity contribution in [3.63, 3.8) is 0 Å². The van der Waals surface area contributed by atoms with Gasteiger partial charge in [-0.15, -0.1) is 0 Å². The van der Waals surface area contributed by atoms with Gasteiger partial charge < -0.3 is 5.11 Å². The third kappa shape index (κ3) is 1.02. The van der Waals surface area contributed by atoms with Crippen LogP contribution in [0.25, 0.3) is 0 Å². The summed E-state index contributed by atoms with van der Waals surface area (Å²) in [7, 11) is 1.79. The quantitative estimate of drug-likeness (QED) is 0.662. The standard InChI is InChI=1S/C6H9ClN2O/c1-4-6(7)5(3-10)8-9(4)2/h10H,3H2,1-2H3. The van der Waals surface area contributed by atoms with Crippen LogP contribution in [0.1, 0.15) is 11.4 Å². The summed E-state index contributed by atoms with van der Waals surface area (Å²) in [4.78, 5) is 0. The Morgan fingerprint density at radius 2 is 2.30 bits per heavy atom. The van der Waals surface area contributed by atoms with Crippen LogP contribution in [0.5, 0.6) is 0 Å². The molecule has 0 saturated heterocycles. The van der Waals surface area contributed by atoms with Crippen molar-refractivity contribution in [1.29, 1.82) is 0 Å². The van der Waals surface area contributed by atoms with Crippen molar-refractivity contribution in [3.8, 4) is 0 Å². The summed E-state index contributed by atoms with van der Waals surface area (Å²) >= 11 is 5.77. The fourth-order valence-electron chi connectivity index (χ4n) is 0.752. The summed E-state index contributed by atoms with van der Waals surface area (Å²) in [5, 5.41) is 13.2. The predicted octanol–water partition coefficient (Wildman–Crippen LogP) is 0.874. The molecule has 0 radical (unpaired) electrons. The van der Waals surface area contributed by atoms with Gasteiger partial charge in [-0.2, -0.15) is 5.10 Å². The van der Waals surface area contributed by atoms with Crippen LogP contribution < -0.4 is 0 Å². The van der Waals surface area contributed by atoms with E-state index in [1.165, 1.54) is 0 Å². The van der Waals surface area contributed by atoms with Crippen LogP contribution in [0.3, 0.4) is 0 Å². The van der Waals surface area contributed by atoms with Crippen molar-refractivity contribution in [1.82, 2.24) is 9.78 Å². The zero-order valence-corrected chi connectivity index (χ0v) is 6.68. The number of aliphatic hydroxyl groups excluding tert-OH is 1. The Morgan fingerprint density at radius 3 is 2.50 bits per heavy atom. The summed E-state index contributed by atoms with van der Waals surface area (Å²) < 4.78 is 1.65. The molecule has 10 heavy (non-hydrogen) atoms. The first-order valence-electron chi connectivity index (χ1n) is 2.95. The molecule has 0 spiro atoms. The summed E-state index contributed by atoms with van der Waals surface area (Å²) in [6.45, 7) is 1.76. The number of aliphatic hydroxyl groups is 1. The lowest BCUT2D eigenvalue weighted by Gasteiger charge is -1.89. The summed E-state index contributed by atoms with van der Waals surface area (Å²) in [5.74, 6) is 0. The zero-order valence-electron chi connectivity index (χ0n) is 5.93. The second kappa shape index (κ2) is 2.60. The lowest BCUT2D eigenvalue weighted by Crippen LogP contribution is -1.93. The van der Waals surface area contributed by atoms with Gasteiger partial charge in [0, 0.05) is 7.05 Å². The van der Waals surface area contributed by atoms with Crippen molar-refractivity contribution in [2.24, 2.45) is 7.05 Å². The summed E-state index contributed by atoms with van der Waals surface area (Å²) in [6, 6.07) is 0. The van der Waals surface area contributed by atoms with Gasteiger partial charge in [-0.1, -0.05) is 11.6 Å². The molecule has 0 bridgehead atoms. The van der Waals surface area contributed by atoms with E-state index in [0.717, 1.165) is 5.69 Å². The van der Waals surface area contributed by atoms with Crippen molar-refractivity contribution in [3.05, 3.63) is 16.4 Å². The van der Waals surface area contributed by atoms with Gasteiger partial charge in [-0.3, -0.25) is 4.68 Å². The van der Waals surface area contributed by atoms with Crippen LogP contribution in [0.2, 0.25) is 5.02 Å². The fourth-order valence-corrected chi connectivity index (χ4v) is 0.972. The lowest BCUT2D eigenvalue weighted by atomic mass is 10.4. The molecule has 1 aromatic rings. The first-order valence-corrected chi connectivity index (χ1v) is 3.33. The Morgan fingerprint density at radius 1 is 1.70 bits per heavy atom. The topological polar surface area (TPSA) is 38.1 Å². The maximum absolute atomic E-state index is 8.70. The Balaban J connectivity index is 3.17. The first kappa shape index (κ1) is 7.57. The smallest absolute Gasteiger partial charge is 0.107 e. The zero-order chi connectivity index (χ0) is 7.72. The van der Waals surface area contributed by atoms with E-state index < -0.39 is 0 Å². The summed E-state index contributed by atoms with van der Waals surface area (Å²) in [6.07, 6.45) is 0. The molecule has 0 saturated carbocycles. The first-order chi connectivity index (χ1) is 4.66. The van der Waals surface area contributed by atoms with E-state index in [1.807, 2.05) is 6.92 Å². The number of halogens is 1. The van der Waals surface area contributed by atoms with Gasteiger partial charge in [-0.25, -0.2) is 0 Å². The highest BCUT2D eigenvalue weighted by molar-refractivity contribution is 6.31. The normalized spacial score (nSPS) is 10.4. The number of hydrogen-bond acceptors (Lipinski definition) is 2. The Hall–Kier alpha value is -0.540. The van der Waals surface area contributed by atoms with Crippen LogP contribution >= 0.6 is 11.6 Å². The molecule has 0 aliphatic heterocycles. The van der Waals surface area contributed by atoms with Crippen molar-refractivity contribution in [2.75, 3.05) is 0 Å². The molecule has 3 nitrogen and oxygen atoms in total. The van der Waals surface area contributed by atoms with Crippen LogP contribution in [-0.2, 0) is 13.7 Å². The maximum atomic E-state index is 8.70. The van der Waals surface area contributed by atoms with Gasteiger partial charge in [0.1, 0.15) is 5.69 Å². The molecule has 0 aliphatic rings. The third-order valence-electron chi connectivity index (χ3n) is 1.48. The molecule has 0 fully saturated rings. The molecule has 1 aromatic heterocycles. The Bertz CT molecular complexity index is 244. The van der Waals surface area contributed by atoms with Crippen molar-refractivity contribution < 1.29 is 5.11 Å². The second-order valence-electron chi connectivity index (χ2n) is 2.13. The Kier molecular flexibility index (Phi) is 1.97. The average Bonchev–Trinajstić information content (AvgIpc) is 2.17. The fraction of sp³-hybridized carbons (Fsp3) is 0.500. The average molecular weight is 161 g/mol. The molecule has 4 heteroatoms. The minimum Gasteiger partial charge on any atom is -0.390 e. The Labute approximate surface area is 64.2 Å². The number of aromatic nitrogens is 2. The van der Waals surface area contributed by atoms with Crippen LogP contribution in [0.4, 0.5) is 0 Å². The molecule has 0 unspecified atom stereocenters. The highest BCUT2D eigenvalue weighted by atomic mass is 35.5. The molecule has 0 atom stereocenters. The monoisotopic (exact) mass is 160 g/mol. The largest absolute Gasteiger partial charge is 0.390 e. The number of aryl methyl sites for hydroxylation is 1. The van der Waals surface area contributed by atoms with Crippen molar-refractivity contribution >= 4 is 11.6 Å². The third-order valence-corrected chi connectivity index (χ3v) is 1.97. The van der Waals surface area contributed by atoms with E-state index in [-0.39, 0.29) is 6.61 Å². The number of nitrogens with zero attached hydrogens (tertiary/aromatic N) is 2. The highest BCUT2D eigenvalue weighted by Crippen LogP contribution is 2.18. The number of hydrogen-bond donors (Lipinski definition) is 1. The second-order valence-corrected chi connectivity index (χ2v) is 2.51. The van der Waals surface area contributed by atoms with E-state index in [1.54, 1.807) is 11.7 Å². The van der Waals surface area contributed by atoms with Gasteiger partial charge in [0.25, 0.3) is 0 Å². The molecular weight excluding hydrogens is 152 g/mol. The minimum atomic E-state index is -0.0967. The van der Waals surface area contributed by atoms with Gasteiger partial charge in [0.2, 0.25) is 0 Å². The van der Waals surface area contributed by atoms with E-state index in [4.69, 9.17) is 16.7 Å². The van der Waals surface area contributed by atoms with E-state index in [9.17, 15) is 0 Å². The van der Waals surface area contributed by atoms with E-state index >= 15 is 0 Å². The molecule has 0 aromatic carbocycles. The van der Waals surface area contributed by atoms with E-state index in [0.29, 0.717) is 10.7 Å².